The Labute approximate surface area is 113 Å². The smallest absolute Gasteiger partial charge is 0.158 e. The number of carbonyl (C=O) groups is 1. The molecule has 18 heavy (non-hydrogen) atoms. The van der Waals surface area contributed by atoms with Crippen molar-refractivity contribution in [3.05, 3.63) is 11.6 Å². The Morgan fingerprint density at radius 1 is 1.17 bits per heavy atom. The molecule has 0 aromatic heterocycles. The van der Waals surface area contributed by atoms with Gasteiger partial charge in [-0.3, -0.25) is 4.79 Å². The van der Waals surface area contributed by atoms with Gasteiger partial charge in [0, 0.05) is 6.42 Å². The molecule has 0 aromatic rings. The fourth-order valence-corrected chi connectivity index (χ4v) is 2.62. The summed E-state index contributed by atoms with van der Waals surface area (Å²) in [6.07, 6.45) is 15.3. The predicted octanol–water partition coefficient (Wildman–Crippen LogP) is 5.44. The van der Waals surface area contributed by atoms with Crippen LogP contribution < -0.4 is 0 Å². The average Bonchev–Trinajstić information content (AvgIpc) is 2.38. The minimum Gasteiger partial charge on any atom is -0.295 e. The van der Waals surface area contributed by atoms with Gasteiger partial charge in [-0.25, -0.2) is 0 Å². The second kappa shape index (κ2) is 9.35. The lowest BCUT2D eigenvalue weighted by Crippen LogP contribution is -2.09. The van der Waals surface area contributed by atoms with Crippen molar-refractivity contribution in [3.63, 3.8) is 0 Å². The van der Waals surface area contributed by atoms with Crippen LogP contribution in [-0.2, 0) is 4.79 Å². The van der Waals surface area contributed by atoms with Gasteiger partial charge in [0.05, 0.1) is 0 Å². The summed E-state index contributed by atoms with van der Waals surface area (Å²) in [5.41, 5.74) is 1.12. The maximum Gasteiger partial charge on any atom is 0.158 e. The van der Waals surface area contributed by atoms with E-state index in [0.717, 1.165) is 37.2 Å². The second-order valence-corrected chi connectivity index (χ2v) is 5.90. The largest absolute Gasteiger partial charge is 0.295 e. The number of hydrogen-bond donors (Lipinski definition) is 0. The summed E-state index contributed by atoms with van der Waals surface area (Å²) in [6, 6.07) is 0. The quantitative estimate of drug-likeness (QED) is 0.498. The molecule has 0 heterocycles. The molecule has 0 bridgehead atoms. The molecule has 1 heteroatoms. The van der Waals surface area contributed by atoms with Crippen molar-refractivity contribution in [2.45, 2.75) is 84.5 Å². The summed E-state index contributed by atoms with van der Waals surface area (Å²) < 4.78 is 0. The van der Waals surface area contributed by atoms with E-state index in [1.807, 2.05) is 0 Å². The first kappa shape index (κ1) is 15.5. The number of carbonyl (C=O) groups excluding carboxylic acids is 1. The van der Waals surface area contributed by atoms with Gasteiger partial charge >= 0.3 is 0 Å². The van der Waals surface area contributed by atoms with Crippen LogP contribution in [0.5, 0.6) is 0 Å². The van der Waals surface area contributed by atoms with Crippen LogP contribution in [0, 0.1) is 5.92 Å². The molecular weight excluding hydrogens is 220 g/mol. The van der Waals surface area contributed by atoms with Crippen LogP contribution in [-0.4, -0.2) is 5.78 Å². The van der Waals surface area contributed by atoms with E-state index in [1.54, 1.807) is 0 Å². The molecule has 1 unspecified atom stereocenters. The van der Waals surface area contributed by atoms with Gasteiger partial charge in [0.2, 0.25) is 0 Å². The SMILES string of the molecule is CCCCCCCCCC(=O)C1=CCC(C)CC1. The van der Waals surface area contributed by atoms with E-state index in [9.17, 15) is 4.79 Å². The molecule has 1 aliphatic carbocycles. The molecule has 0 fully saturated rings. The van der Waals surface area contributed by atoms with Gasteiger partial charge in [-0.15, -0.1) is 0 Å². The van der Waals surface area contributed by atoms with E-state index >= 15 is 0 Å². The first-order valence-corrected chi connectivity index (χ1v) is 7.96. The Bertz CT molecular complexity index is 265. The summed E-state index contributed by atoms with van der Waals surface area (Å²) in [4.78, 5) is 12.0. The fraction of sp³-hybridized carbons (Fsp3) is 0.824. The van der Waals surface area contributed by atoms with Crippen LogP contribution in [0.1, 0.15) is 84.5 Å². The molecule has 0 radical (unpaired) electrons. The van der Waals surface area contributed by atoms with Gasteiger partial charge in [-0.1, -0.05) is 58.4 Å². The highest BCUT2D eigenvalue weighted by atomic mass is 16.1. The van der Waals surface area contributed by atoms with E-state index in [4.69, 9.17) is 0 Å². The van der Waals surface area contributed by atoms with Gasteiger partial charge in [0.25, 0.3) is 0 Å². The van der Waals surface area contributed by atoms with Gasteiger partial charge < -0.3 is 0 Å². The Balaban J connectivity index is 2.03. The zero-order chi connectivity index (χ0) is 13.2. The highest BCUT2D eigenvalue weighted by Crippen LogP contribution is 2.24. The Hall–Kier alpha value is -0.590. The first-order chi connectivity index (χ1) is 8.74. The Morgan fingerprint density at radius 3 is 2.44 bits per heavy atom. The third-order valence-corrected chi connectivity index (χ3v) is 4.04. The molecule has 0 N–H and O–H groups in total. The molecule has 1 atom stereocenters. The third kappa shape index (κ3) is 6.37. The number of unbranched alkanes of at least 4 members (excludes halogenated alkanes) is 6. The minimum atomic E-state index is 0.426. The lowest BCUT2D eigenvalue weighted by molar-refractivity contribution is -0.115. The summed E-state index contributed by atoms with van der Waals surface area (Å²) >= 11 is 0. The highest BCUT2D eigenvalue weighted by Gasteiger charge is 2.15. The summed E-state index contributed by atoms with van der Waals surface area (Å²) in [5, 5.41) is 0. The van der Waals surface area contributed by atoms with Crippen molar-refractivity contribution < 1.29 is 4.79 Å². The topological polar surface area (TPSA) is 17.1 Å². The van der Waals surface area contributed by atoms with E-state index in [0.29, 0.717) is 5.78 Å². The first-order valence-electron chi connectivity index (χ1n) is 7.96. The van der Waals surface area contributed by atoms with Crippen LogP contribution in [0.2, 0.25) is 0 Å². The molecule has 0 amide bonds. The van der Waals surface area contributed by atoms with Gasteiger partial charge in [-0.2, -0.15) is 0 Å². The molecule has 0 aliphatic heterocycles. The van der Waals surface area contributed by atoms with E-state index in [1.165, 1.54) is 44.9 Å². The van der Waals surface area contributed by atoms with Crippen molar-refractivity contribution in [3.8, 4) is 0 Å². The van der Waals surface area contributed by atoms with Crippen LogP contribution in [0.15, 0.2) is 11.6 Å². The molecule has 0 saturated heterocycles. The summed E-state index contributed by atoms with van der Waals surface area (Å²) in [6.45, 7) is 4.52. The van der Waals surface area contributed by atoms with Crippen LogP contribution in [0.3, 0.4) is 0 Å². The summed E-state index contributed by atoms with van der Waals surface area (Å²) in [7, 11) is 0. The number of allylic oxidation sites excluding steroid dienone is 2. The lowest BCUT2D eigenvalue weighted by Gasteiger charge is -2.17. The second-order valence-electron chi connectivity index (χ2n) is 5.90. The number of rotatable bonds is 9. The molecule has 0 aromatic carbocycles. The molecule has 1 aliphatic rings. The van der Waals surface area contributed by atoms with Gasteiger partial charge in [-0.05, 0) is 37.2 Å². The van der Waals surface area contributed by atoms with Crippen molar-refractivity contribution >= 4 is 5.78 Å². The van der Waals surface area contributed by atoms with Gasteiger partial charge in [0.15, 0.2) is 5.78 Å². The van der Waals surface area contributed by atoms with Gasteiger partial charge in [0.1, 0.15) is 0 Å². The Kier molecular flexibility index (Phi) is 8.04. The maximum atomic E-state index is 12.0. The van der Waals surface area contributed by atoms with Crippen molar-refractivity contribution in [1.82, 2.24) is 0 Å². The standard InChI is InChI=1S/C17H30O/c1-3-4-5-6-7-8-9-10-17(18)16-13-11-15(2)12-14-16/h13,15H,3-12,14H2,1-2H3. The molecule has 0 spiro atoms. The highest BCUT2D eigenvalue weighted by molar-refractivity contribution is 5.95. The van der Waals surface area contributed by atoms with Crippen LogP contribution >= 0.6 is 0 Å². The molecule has 1 rings (SSSR count). The van der Waals surface area contributed by atoms with E-state index < -0.39 is 0 Å². The zero-order valence-electron chi connectivity index (χ0n) is 12.3. The monoisotopic (exact) mass is 250 g/mol. The Morgan fingerprint density at radius 2 is 1.83 bits per heavy atom. The fourth-order valence-electron chi connectivity index (χ4n) is 2.62. The number of hydrogen-bond acceptors (Lipinski definition) is 1. The van der Waals surface area contributed by atoms with Crippen molar-refractivity contribution in [2.24, 2.45) is 5.92 Å². The zero-order valence-corrected chi connectivity index (χ0v) is 12.3. The van der Waals surface area contributed by atoms with Crippen LogP contribution in [0.25, 0.3) is 0 Å². The molecule has 104 valence electrons. The number of ketones is 1. The van der Waals surface area contributed by atoms with E-state index in [-0.39, 0.29) is 0 Å². The summed E-state index contributed by atoms with van der Waals surface area (Å²) in [5.74, 6) is 1.20. The lowest BCUT2D eigenvalue weighted by atomic mass is 9.88. The normalized spacial score (nSPS) is 19.7. The third-order valence-electron chi connectivity index (χ3n) is 4.04. The maximum absolute atomic E-state index is 12.0. The van der Waals surface area contributed by atoms with E-state index in [2.05, 4.69) is 19.9 Å². The average molecular weight is 250 g/mol. The molecular formula is C17H30O. The minimum absolute atomic E-state index is 0.426. The van der Waals surface area contributed by atoms with Crippen molar-refractivity contribution in [1.29, 1.82) is 0 Å². The van der Waals surface area contributed by atoms with Crippen LogP contribution in [0.4, 0.5) is 0 Å². The predicted molar refractivity (Wildman–Crippen MR) is 78.7 cm³/mol. The van der Waals surface area contributed by atoms with Crippen molar-refractivity contribution in [2.75, 3.05) is 0 Å². The number of Topliss-reactive ketones (excluding diaryl/α,β-unsaturated/α-hetero) is 1. The molecule has 1 nitrogen and oxygen atoms in total. The molecule has 0 saturated carbocycles.